The molecule has 1 aliphatic heterocycles. The number of alkyl halides is 2. The van der Waals surface area contributed by atoms with Gasteiger partial charge in [0.2, 0.25) is 0 Å². The molecule has 7 nitrogen and oxygen atoms in total. The third kappa shape index (κ3) is 3.77. The Balaban J connectivity index is 1.40. The van der Waals surface area contributed by atoms with E-state index in [1.807, 2.05) is 0 Å². The fourth-order valence-corrected chi connectivity index (χ4v) is 3.89. The second-order valence-corrected chi connectivity index (χ2v) is 7.97. The molecule has 0 saturated carbocycles. The van der Waals surface area contributed by atoms with E-state index >= 15 is 0 Å². The van der Waals surface area contributed by atoms with Crippen LogP contribution in [0.4, 0.5) is 13.2 Å². The number of amides is 1. The Bertz CT molecular complexity index is 1430. The molecular formula is C23H17F3N4O3. The molecule has 0 unspecified atom stereocenters. The first kappa shape index (κ1) is 20.9. The van der Waals surface area contributed by atoms with Crippen LogP contribution in [-0.4, -0.2) is 26.0 Å². The lowest BCUT2D eigenvalue weighted by molar-refractivity contribution is -0.0126. The topological polar surface area (TPSA) is 92.1 Å². The number of hydrogen-bond donors (Lipinski definition) is 1. The third-order valence-corrected chi connectivity index (χ3v) is 5.52. The number of H-pyrrole nitrogens is 1. The van der Waals surface area contributed by atoms with Crippen LogP contribution in [0.15, 0.2) is 51.7 Å². The minimum absolute atomic E-state index is 0.0521. The second-order valence-electron chi connectivity index (χ2n) is 7.97. The van der Waals surface area contributed by atoms with Crippen LogP contribution >= 0.6 is 0 Å². The molecule has 1 N–H and O–H groups in total. The molecule has 1 aliphatic rings. The predicted octanol–water partition coefficient (Wildman–Crippen LogP) is 3.91. The van der Waals surface area contributed by atoms with Crippen LogP contribution < -0.4 is 5.56 Å². The van der Waals surface area contributed by atoms with Crippen LogP contribution in [-0.2, 0) is 25.4 Å². The molecule has 5 rings (SSSR count). The number of carbonyl (C=O) groups excluding carboxylic acids is 1. The van der Waals surface area contributed by atoms with Gasteiger partial charge in [-0.2, -0.15) is 13.9 Å². The summed E-state index contributed by atoms with van der Waals surface area (Å²) in [6, 6.07) is 11.2. The lowest BCUT2D eigenvalue weighted by atomic mass is 10.0. The standard InChI is InChI=1S/C23H17F3N4O3/c1-23(25,26)22-27-18-10-30(11-19(18)33-22)21(32)15-8-12(6-7-16(15)24)9-17-13-4-2-3-5-14(13)20(31)29-28-17/h2-8H,9-11H2,1H3,(H,29,31). The minimum Gasteiger partial charge on any atom is -0.438 e. The molecule has 33 heavy (non-hydrogen) atoms. The van der Waals surface area contributed by atoms with Gasteiger partial charge in [0.25, 0.3) is 17.4 Å². The molecule has 168 valence electrons. The average molecular weight is 454 g/mol. The van der Waals surface area contributed by atoms with Crippen molar-refractivity contribution in [3.05, 3.63) is 92.8 Å². The number of oxazole rings is 1. The summed E-state index contributed by atoms with van der Waals surface area (Å²) in [5, 5.41) is 7.72. The Kier molecular flexibility index (Phi) is 4.80. The van der Waals surface area contributed by atoms with E-state index in [4.69, 9.17) is 4.42 Å². The monoisotopic (exact) mass is 454 g/mol. The van der Waals surface area contributed by atoms with Crippen LogP contribution in [0.2, 0.25) is 0 Å². The Hall–Kier alpha value is -3.95. The molecule has 2 aromatic heterocycles. The maximum absolute atomic E-state index is 14.5. The number of rotatable bonds is 4. The number of aromatic amines is 1. The number of carbonyl (C=O) groups is 1. The Morgan fingerprint density at radius 1 is 1.18 bits per heavy atom. The minimum atomic E-state index is -3.22. The Morgan fingerprint density at radius 2 is 1.94 bits per heavy atom. The molecule has 10 heteroatoms. The van der Waals surface area contributed by atoms with Gasteiger partial charge in [0.15, 0.2) is 0 Å². The molecular weight excluding hydrogens is 437 g/mol. The van der Waals surface area contributed by atoms with Crippen LogP contribution in [0.25, 0.3) is 10.8 Å². The van der Waals surface area contributed by atoms with Crippen molar-refractivity contribution in [1.29, 1.82) is 0 Å². The summed E-state index contributed by atoms with van der Waals surface area (Å²) in [7, 11) is 0. The zero-order valence-corrected chi connectivity index (χ0v) is 17.4. The van der Waals surface area contributed by atoms with Gasteiger partial charge >= 0.3 is 5.92 Å². The first-order valence-electron chi connectivity index (χ1n) is 10.1. The van der Waals surface area contributed by atoms with Crippen molar-refractivity contribution in [3.8, 4) is 0 Å². The van der Waals surface area contributed by atoms with Crippen LogP contribution in [0.1, 0.15) is 45.9 Å². The Morgan fingerprint density at radius 3 is 2.67 bits per heavy atom. The fraction of sp³-hybridized carbons (Fsp3) is 0.217. The molecule has 4 aromatic rings. The van der Waals surface area contributed by atoms with Gasteiger partial charge in [-0.3, -0.25) is 9.59 Å². The molecule has 3 heterocycles. The maximum atomic E-state index is 14.5. The predicted molar refractivity (Wildman–Crippen MR) is 111 cm³/mol. The number of aromatic nitrogens is 3. The summed E-state index contributed by atoms with van der Waals surface area (Å²) in [5.74, 6) is -5.07. The summed E-state index contributed by atoms with van der Waals surface area (Å²) in [6.07, 6.45) is 0.259. The van der Waals surface area contributed by atoms with Gasteiger partial charge in [-0.1, -0.05) is 24.3 Å². The van der Waals surface area contributed by atoms with Gasteiger partial charge in [-0.25, -0.2) is 14.5 Å². The summed E-state index contributed by atoms with van der Waals surface area (Å²) in [6.45, 7) is 0.550. The van der Waals surface area contributed by atoms with E-state index in [2.05, 4.69) is 15.2 Å². The van der Waals surface area contributed by atoms with Crippen LogP contribution in [0.5, 0.6) is 0 Å². The highest BCUT2D eigenvalue weighted by Gasteiger charge is 2.37. The highest BCUT2D eigenvalue weighted by atomic mass is 19.3. The van der Waals surface area contributed by atoms with Crippen LogP contribution in [0, 0.1) is 5.82 Å². The molecule has 0 fully saturated rings. The van der Waals surface area contributed by atoms with Crippen molar-refractivity contribution in [2.75, 3.05) is 0 Å². The van der Waals surface area contributed by atoms with Crippen LogP contribution in [0.3, 0.4) is 0 Å². The van der Waals surface area contributed by atoms with E-state index < -0.39 is 23.5 Å². The van der Waals surface area contributed by atoms with Crippen molar-refractivity contribution in [2.24, 2.45) is 0 Å². The normalized spacial score (nSPS) is 13.5. The van der Waals surface area contributed by atoms with E-state index in [0.717, 1.165) is 0 Å². The van der Waals surface area contributed by atoms with E-state index in [1.165, 1.54) is 17.0 Å². The van der Waals surface area contributed by atoms with E-state index in [0.29, 0.717) is 29.0 Å². The van der Waals surface area contributed by atoms with Crippen molar-refractivity contribution < 1.29 is 22.4 Å². The van der Waals surface area contributed by atoms with Gasteiger partial charge in [0, 0.05) is 18.7 Å². The summed E-state index contributed by atoms with van der Waals surface area (Å²) >= 11 is 0. The second kappa shape index (κ2) is 7.58. The van der Waals surface area contributed by atoms with Crippen molar-refractivity contribution >= 4 is 16.7 Å². The quantitative estimate of drug-likeness (QED) is 0.505. The molecule has 0 atom stereocenters. The van der Waals surface area contributed by atoms with Gasteiger partial charge in [0.05, 0.1) is 29.7 Å². The maximum Gasteiger partial charge on any atom is 0.319 e. The number of fused-ring (bicyclic) bond motifs is 2. The molecule has 0 spiro atoms. The number of halogens is 3. The first-order chi connectivity index (χ1) is 15.7. The summed E-state index contributed by atoms with van der Waals surface area (Å²) < 4.78 is 46.5. The van der Waals surface area contributed by atoms with E-state index in [-0.39, 0.29) is 42.1 Å². The van der Waals surface area contributed by atoms with Gasteiger partial charge in [0.1, 0.15) is 17.3 Å². The first-order valence-corrected chi connectivity index (χ1v) is 10.1. The van der Waals surface area contributed by atoms with Crippen molar-refractivity contribution in [3.63, 3.8) is 0 Å². The van der Waals surface area contributed by atoms with Gasteiger partial charge in [-0.15, -0.1) is 0 Å². The summed E-state index contributed by atoms with van der Waals surface area (Å²) in [4.78, 5) is 30.0. The summed E-state index contributed by atoms with van der Waals surface area (Å²) in [5.41, 5.74) is 0.958. The molecule has 0 aliphatic carbocycles. The SMILES string of the molecule is CC(F)(F)c1nc2c(o1)CN(C(=O)c1cc(Cc3n[nH]c(=O)c4ccccc34)ccc1F)C2. The molecule has 0 radical (unpaired) electrons. The largest absolute Gasteiger partial charge is 0.438 e. The number of nitrogens with zero attached hydrogens (tertiary/aromatic N) is 3. The lowest BCUT2D eigenvalue weighted by Gasteiger charge is -2.16. The van der Waals surface area contributed by atoms with Gasteiger partial charge in [-0.05, 0) is 23.8 Å². The highest BCUT2D eigenvalue weighted by molar-refractivity contribution is 5.95. The number of benzene rings is 2. The zero-order chi connectivity index (χ0) is 23.3. The third-order valence-electron chi connectivity index (χ3n) is 5.52. The average Bonchev–Trinajstić information content (AvgIpc) is 3.36. The zero-order valence-electron chi connectivity index (χ0n) is 17.4. The molecule has 1 amide bonds. The Labute approximate surface area is 184 Å². The lowest BCUT2D eigenvalue weighted by Crippen LogP contribution is -2.27. The van der Waals surface area contributed by atoms with E-state index in [9.17, 15) is 22.8 Å². The van der Waals surface area contributed by atoms with Gasteiger partial charge < -0.3 is 9.32 Å². The number of nitrogens with one attached hydrogen (secondary N) is 1. The smallest absolute Gasteiger partial charge is 0.319 e. The van der Waals surface area contributed by atoms with Crippen molar-refractivity contribution in [1.82, 2.24) is 20.1 Å². The van der Waals surface area contributed by atoms with E-state index in [1.54, 1.807) is 30.3 Å². The molecule has 0 saturated heterocycles. The highest BCUT2D eigenvalue weighted by Crippen LogP contribution is 2.32. The fourth-order valence-electron chi connectivity index (χ4n) is 3.89. The number of hydrogen-bond acceptors (Lipinski definition) is 5. The molecule has 0 bridgehead atoms. The molecule has 2 aromatic carbocycles. The van der Waals surface area contributed by atoms with Crippen molar-refractivity contribution in [2.45, 2.75) is 32.4 Å².